The molecule has 0 fully saturated rings. The first-order chi connectivity index (χ1) is 15.3. The van der Waals surface area contributed by atoms with Crippen LogP contribution in [0.15, 0.2) is 42.5 Å². The number of carbonyl (C=O) groups is 2. The van der Waals surface area contributed by atoms with Crippen LogP contribution in [0.25, 0.3) is 11.4 Å². The van der Waals surface area contributed by atoms with E-state index >= 15 is 0 Å². The van der Waals surface area contributed by atoms with E-state index in [2.05, 4.69) is 26.0 Å². The summed E-state index contributed by atoms with van der Waals surface area (Å²) in [7, 11) is 0. The van der Waals surface area contributed by atoms with Crippen molar-refractivity contribution in [1.82, 2.24) is 25.5 Å². The molecule has 2 amide bonds. The summed E-state index contributed by atoms with van der Waals surface area (Å²) in [5.74, 6) is 0.399. The molecule has 0 aliphatic heterocycles. The summed E-state index contributed by atoms with van der Waals surface area (Å²) in [4.78, 5) is 26.5. The number of amides is 2. The molecule has 0 bridgehead atoms. The number of aromatic nitrogens is 4. The SMILES string of the molecule is CCC(C(=O)Nc1ccc(C(=O)NCC(C)C)cc1C)n1nnc(-c2ccc(Cl)cc2)n1. The van der Waals surface area contributed by atoms with Crippen LogP contribution in [-0.4, -0.2) is 38.6 Å². The molecule has 1 unspecified atom stereocenters. The molecule has 1 atom stereocenters. The van der Waals surface area contributed by atoms with Crippen LogP contribution in [0.1, 0.15) is 49.2 Å². The van der Waals surface area contributed by atoms with Gasteiger partial charge in [-0.2, -0.15) is 4.80 Å². The summed E-state index contributed by atoms with van der Waals surface area (Å²) in [6.45, 7) is 8.41. The molecule has 0 radical (unpaired) electrons. The summed E-state index contributed by atoms with van der Waals surface area (Å²) in [5.41, 5.74) is 2.74. The number of rotatable bonds is 8. The van der Waals surface area contributed by atoms with E-state index < -0.39 is 6.04 Å². The number of tetrazole rings is 1. The quantitative estimate of drug-likeness (QED) is 0.529. The number of hydrogen-bond acceptors (Lipinski definition) is 5. The van der Waals surface area contributed by atoms with Crippen molar-refractivity contribution in [3.63, 3.8) is 0 Å². The number of hydrogen-bond donors (Lipinski definition) is 2. The second-order valence-corrected chi connectivity index (χ2v) is 8.42. The van der Waals surface area contributed by atoms with Crippen LogP contribution in [-0.2, 0) is 4.79 Å². The molecule has 3 aromatic rings. The minimum Gasteiger partial charge on any atom is -0.352 e. The average molecular weight is 455 g/mol. The predicted octanol–water partition coefficient (Wildman–Crippen LogP) is 4.28. The Balaban J connectivity index is 1.71. The third kappa shape index (κ3) is 5.70. The molecule has 8 nitrogen and oxygen atoms in total. The van der Waals surface area contributed by atoms with Gasteiger partial charge in [0.25, 0.3) is 11.8 Å². The molecule has 9 heteroatoms. The molecule has 0 saturated heterocycles. The summed E-state index contributed by atoms with van der Waals surface area (Å²) in [6.07, 6.45) is 0.483. The van der Waals surface area contributed by atoms with Crippen molar-refractivity contribution in [3.8, 4) is 11.4 Å². The number of carbonyl (C=O) groups excluding carboxylic acids is 2. The number of nitrogens with zero attached hydrogens (tertiary/aromatic N) is 4. The van der Waals surface area contributed by atoms with Gasteiger partial charge >= 0.3 is 0 Å². The van der Waals surface area contributed by atoms with Gasteiger partial charge in [0.15, 0.2) is 6.04 Å². The van der Waals surface area contributed by atoms with E-state index in [0.717, 1.165) is 11.1 Å². The Morgan fingerprint density at radius 3 is 2.47 bits per heavy atom. The van der Waals surface area contributed by atoms with Gasteiger partial charge in [0, 0.05) is 28.4 Å². The van der Waals surface area contributed by atoms with E-state index in [-0.39, 0.29) is 11.8 Å². The summed E-state index contributed by atoms with van der Waals surface area (Å²) in [6, 6.07) is 11.7. The maximum absolute atomic E-state index is 12.9. The van der Waals surface area contributed by atoms with E-state index in [1.54, 1.807) is 42.5 Å². The summed E-state index contributed by atoms with van der Waals surface area (Å²) >= 11 is 5.93. The summed E-state index contributed by atoms with van der Waals surface area (Å²) in [5, 5.41) is 18.9. The first-order valence-electron chi connectivity index (χ1n) is 10.5. The van der Waals surface area contributed by atoms with Crippen molar-refractivity contribution in [2.75, 3.05) is 11.9 Å². The fraction of sp³-hybridized carbons (Fsp3) is 0.348. The first-order valence-corrected chi connectivity index (χ1v) is 10.9. The van der Waals surface area contributed by atoms with Crippen LogP contribution >= 0.6 is 11.6 Å². The summed E-state index contributed by atoms with van der Waals surface area (Å²) < 4.78 is 0. The van der Waals surface area contributed by atoms with Gasteiger partial charge in [0.05, 0.1) is 0 Å². The minimum absolute atomic E-state index is 0.132. The lowest BCUT2D eigenvalue weighted by atomic mass is 10.1. The van der Waals surface area contributed by atoms with Gasteiger partial charge in [-0.05, 0) is 72.5 Å². The van der Waals surface area contributed by atoms with Crippen molar-refractivity contribution in [2.45, 2.75) is 40.2 Å². The van der Waals surface area contributed by atoms with E-state index in [0.29, 0.717) is 41.0 Å². The second-order valence-electron chi connectivity index (χ2n) is 7.99. The van der Waals surface area contributed by atoms with Crippen molar-refractivity contribution in [1.29, 1.82) is 0 Å². The maximum Gasteiger partial charge on any atom is 0.251 e. The van der Waals surface area contributed by atoms with Gasteiger partial charge in [-0.1, -0.05) is 32.4 Å². The third-order valence-electron chi connectivity index (χ3n) is 4.92. The maximum atomic E-state index is 12.9. The second kappa shape index (κ2) is 10.4. The van der Waals surface area contributed by atoms with Crippen LogP contribution in [0.2, 0.25) is 5.02 Å². The van der Waals surface area contributed by atoms with E-state index in [9.17, 15) is 9.59 Å². The Hall–Kier alpha value is -3.26. The highest BCUT2D eigenvalue weighted by Gasteiger charge is 2.23. The largest absolute Gasteiger partial charge is 0.352 e. The number of aryl methyl sites for hydroxylation is 1. The Labute approximate surface area is 192 Å². The Bertz CT molecular complexity index is 1090. The molecule has 0 aliphatic rings. The van der Waals surface area contributed by atoms with Crippen LogP contribution in [0.3, 0.4) is 0 Å². The molecule has 1 aromatic heterocycles. The van der Waals surface area contributed by atoms with Crippen LogP contribution in [0.5, 0.6) is 0 Å². The molecule has 2 aromatic carbocycles. The molecule has 168 valence electrons. The highest BCUT2D eigenvalue weighted by molar-refractivity contribution is 6.30. The average Bonchev–Trinajstić information content (AvgIpc) is 3.24. The molecule has 32 heavy (non-hydrogen) atoms. The highest BCUT2D eigenvalue weighted by atomic mass is 35.5. The van der Waals surface area contributed by atoms with Gasteiger partial charge in [-0.15, -0.1) is 10.2 Å². The minimum atomic E-state index is -0.628. The molecule has 3 rings (SSSR count). The van der Waals surface area contributed by atoms with Gasteiger partial charge in [-0.3, -0.25) is 9.59 Å². The molecular weight excluding hydrogens is 428 g/mol. The van der Waals surface area contributed by atoms with Crippen molar-refractivity contribution >= 4 is 29.1 Å². The topological polar surface area (TPSA) is 102 Å². The zero-order valence-electron chi connectivity index (χ0n) is 18.6. The molecule has 0 saturated carbocycles. The number of halogens is 1. The Kier molecular flexibility index (Phi) is 7.58. The van der Waals surface area contributed by atoms with E-state index in [1.807, 2.05) is 27.7 Å². The highest BCUT2D eigenvalue weighted by Crippen LogP contribution is 2.21. The standard InChI is InChI=1S/C23H27ClN6O2/c1-5-20(30-28-21(27-29-30)16-6-9-18(24)10-7-16)23(32)26-19-11-8-17(12-15(19)4)22(31)25-13-14(2)3/h6-12,14,20H,5,13H2,1-4H3,(H,25,31)(H,26,32). The fourth-order valence-electron chi connectivity index (χ4n) is 3.09. The van der Waals surface area contributed by atoms with Crippen LogP contribution < -0.4 is 10.6 Å². The normalized spacial score (nSPS) is 11.9. The first kappa shape index (κ1) is 23.4. The fourth-order valence-corrected chi connectivity index (χ4v) is 3.21. The number of benzene rings is 2. The predicted molar refractivity (Wildman–Crippen MR) is 125 cm³/mol. The molecule has 0 spiro atoms. The zero-order valence-corrected chi connectivity index (χ0v) is 19.3. The molecule has 1 heterocycles. The molecular formula is C23H27ClN6O2. The zero-order chi connectivity index (χ0) is 23.3. The lowest BCUT2D eigenvalue weighted by molar-refractivity contribution is -0.120. The monoisotopic (exact) mass is 454 g/mol. The lowest BCUT2D eigenvalue weighted by Crippen LogP contribution is -2.28. The number of anilines is 1. The van der Waals surface area contributed by atoms with Crippen molar-refractivity contribution in [2.24, 2.45) is 5.92 Å². The van der Waals surface area contributed by atoms with Gasteiger partial charge in [-0.25, -0.2) is 0 Å². The van der Waals surface area contributed by atoms with Gasteiger partial charge in [0.1, 0.15) is 0 Å². The van der Waals surface area contributed by atoms with Gasteiger partial charge < -0.3 is 10.6 Å². The van der Waals surface area contributed by atoms with E-state index in [1.165, 1.54) is 4.80 Å². The Morgan fingerprint density at radius 2 is 1.84 bits per heavy atom. The van der Waals surface area contributed by atoms with Crippen molar-refractivity contribution in [3.05, 3.63) is 58.6 Å². The smallest absolute Gasteiger partial charge is 0.251 e. The molecule has 0 aliphatic carbocycles. The van der Waals surface area contributed by atoms with Gasteiger partial charge in [0.2, 0.25) is 5.82 Å². The number of nitrogens with one attached hydrogen (secondary N) is 2. The Morgan fingerprint density at radius 1 is 1.12 bits per heavy atom. The lowest BCUT2D eigenvalue weighted by Gasteiger charge is -2.15. The van der Waals surface area contributed by atoms with Crippen LogP contribution in [0, 0.1) is 12.8 Å². The van der Waals surface area contributed by atoms with Crippen LogP contribution in [0.4, 0.5) is 5.69 Å². The van der Waals surface area contributed by atoms with E-state index in [4.69, 9.17) is 11.6 Å². The van der Waals surface area contributed by atoms with Crippen molar-refractivity contribution < 1.29 is 9.59 Å². The molecule has 2 N–H and O–H groups in total. The third-order valence-corrected chi connectivity index (χ3v) is 5.17.